The van der Waals surface area contributed by atoms with E-state index in [1.165, 1.54) is 11.2 Å². The van der Waals surface area contributed by atoms with Gasteiger partial charge in [0.1, 0.15) is 5.76 Å². The van der Waals surface area contributed by atoms with Crippen LogP contribution in [-0.2, 0) is 16.0 Å². The zero-order chi connectivity index (χ0) is 13.8. The van der Waals surface area contributed by atoms with Crippen molar-refractivity contribution in [3.05, 3.63) is 23.7 Å². The van der Waals surface area contributed by atoms with E-state index in [9.17, 15) is 9.59 Å². The Morgan fingerprint density at radius 2 is 2.32 bits per heavy atom. The first-order valence-corrected chi connectivity index (χ1v) is 6.33. The van der Waals surface area contributed by atoms with E-state index in [2.05, 4.69) is 0 Å². The average molecular weight is 267 g/mol. The molecule has 19 heavy (non-hydrogen) atoms. The van der Waals surface area contributed by atoms with Crippen molar-refractivity contribution >= 4 is 11.9 Å². The minimum Gasteiger partial charge on any atom is -0.480 e. The maximum Gasteiger partial charge on any atom is 0.328 e. The maximum absolute atomic E-state index is 12.4. The molecule has 0 radical (unpaired) electrons. The number of morpholine rings is 1. The topological polar surface area (TPSA) is 80.0 Å². The van der Waals surface area contributed by atoms with E-state index in [4.69, 9.17) is 14.3 Å². The van der Waals surface area contributed by atoms with Gasteiger partial charge in [-0.2, -0.15) is 0 Å². The Bertz CT molecular complexity index is 467. The molecule has 1 atom stereocenters. The molecule has 6 nitrogen and oxygen atoms in total. The number of carboxylic acid groups (broad SMARTS) is 1. The van der Waals surface area contributed by atoms with Crippen LogP contribution in [0, 0.1) is 0 Å². The van der Waals surface area contributed by atoms with Crippen molar-refractivity contribution in [1.29, 1.82) is 0 Å². The molecule has 1 N–H and O–H groups in total. The van der Waals surface area contributed by atoms with E-state index in [0.29, 0.717) is 24.4 Å². The van der Waals surface area contributed by atoms with Gasteiger partial charge in [-0.3, -0.25) is 4.79 Å². The van der Waals surface area contributed by atoms with Gasteiger partial charge < -0.3 is 19.2 Å². The van der Waals surface area contributed by atoms with Crippen molar-refractivity contribution in [2.75, 3.05) is 19.8 Å². The Kier molecular flexibility index (Phi) is 4.21. The second-order valence-corrected chi connectivity index (χ2v) is 4.43. The number of furan rings is 1. The van der Waals surface area contributed by atoms with E-state index in [1.807, 2.05) is 6.92 Å². The molecule has 0 aromatic carbocycles. The Hall–Kier alpha value is -1.82. The fraction of sp³-hybridized carbons (Fsp3) is 0.538. The van der Waals surface area contributed by atoms with Gasteiger partial charge in [-0.15, -0.1) is 0 Å². The lowest BCUT2D eigenvalue weighted by atomic mass is 10.1. The standard InChI is InChI=1S/C13H17NO5/c1-2-3-11-9(4-6-19-11)12(15)14-5-7-18-8-10(14)13(16)17/h4,6,10H,2-3,5,7-8H2,1H3,(H,16,17)/t10-/m1/s1. The highest BCUT2D eigenvalue weighted by molar-refractivity contribution is 5.97. The molecule has 0 aliphatic carbocycles. The summed E-state index contributed by atoms with van der Waals surface area (Å²) in [6, 6.07) is 0.674. The molecule has 6 heteroatoms. The molecule has 1 aliphatic heterocycles. The summed E-state index contributed by atoms with van der Waals surface area (Å²) in [6.07, 6.45) is 2.99. The van der Waals surface area contributed by atoms with Gasteiger partial charge in [0.25, 0.3) is 5.91 Å². The van der Waals surface area contributed by atoms with Crippen molar-refractivity contribution in [1.82, 2.24) is 4.90 Å². The summed E-state index contributed by atoms with van der Waals surface area (Å²) in [4.78, 5) is 24.9. The summed E-state index contributed by atoms with van der Waals surface area (Å²) in [6.45, 7) is 2.66. The number of amides is 1. The van der Waals surface area contributed by atoms with Crippen LogP contribution in [0.3, 0.4) is 0 Å². The van der Waals surface area contributed by atoms with Gasteiger partial charge in [0.2, 0.25) is 0 Å². The van der Waals surface area contributed by atoms with Crippen molar-refractivity contribution in [2.24, 2.45) is 0 Å². The third-order valence-electron chi connectivity index (χ3n) is 3.13. The zero-order valence-corrected chi connectivity index (χ0v) is 10.8. The van der Waals surface area contributed by atoms with Gasteiger partial charge in [0.05, 0.1) is 25.0 Å². The predicted octanol–water partition coefficient (Wildman–Crippen LogP) is 1.16. The van der Waals surface area contributed by atoms with Crippen LogP contribution in [0.25, 0.3) is 0 Å². The molecule has 0 bridgehead atoms. The van der Waals surface area contributed by atoms with Crippen molar-refractivity contribution in [2.45, 2.75) is 25.8 Å². The average Bonchev–Trinajstić information content (AvgIpc) is 2.86. The highest BCUT2D eigenvalue weighted by Gasteiger charge is 2.34. The van der Waals surface area contributed by atoms with E-state index in [1.54, 1.807) is 6.07 Å². The first kappa shape index (κ1) is 13.6. The van der Waals surface area contributed by atoms with E-state index >= 15 is 0 Å². The minimum atomic E-state index is -1.05. The van der Waals surface area contributed by atoms with Crippen LogP contribution >= 0.6 is 0 Å². The summed E-state index contributed by atoms with van der Waals surface area (Å²) in [5.41, 5.74) is 0.454. The summed E-state index contributed by atoms with van der Waals surface area (Å²) in [7, 11) is 0. The molecule has 1 saturated heterocycles. The highest BCUT2D eigenvalue weighted by atomic mass is 16.5. The predicted molar refractivity (Wildman–Crippen MR) is 66.0 cm³/mol. The van der Waals surface area contributed by atoms with Gasteiger partial charge in [0, 0.05) is 13.0 Å². The zero-order valence-electron chi connectivity index (χ0n) is 10.8. The molecule has 0 unspecified atom stereocenters. The Balaban J connectivity index is 2.21. The number of carboxylic acids is 1. The van der Waals surface area contributed by atoms with Crippen LogP contribution in [0.5, 0.6) is 0 Å². The first-order valence-electron chi connectivity index (χ1n) is 6.33. The number of ether oxygens (including phenoxy) is 1. The van der Waals surface area contributed by atoms with Gasteiger partial charge in [-0.05, 0) is 12.5 Å². The molecule has 2 heterocycles. The number of aryl methyl sites for hydroxylation is 1. The lowest BCUT2D eigenvalue weighted by molar-refractivity contribution is -0.147. The first-order chi connectivity index (χ1) is 9.15. The Morgan fingerprint density at radius 1 is 1.53 bits per heavy atom. The van der Waals surface area contributed by atoms with E-state index in [-0.39, 0.29) is 19.1 Å². The molecule has 1 aliphatic rings. The molecule has 1 aromatic rings. The molecular weight excluding hydrogens is 250 g/mol. The van der Waals surface area contributed by atoms with Crippen molar-refractivity contribution in [3.8, 4) is 0 Å². The molecule has 104 valence electrons. The smallest absolute Gasteiger partial charge is 0.328 e. The fourth-order valence-electron chi connectivity index (χ4n) is 2.16. The second kappa shape index (κ2) is 5.88. The number of carbonyl (C=O) groups excluding carboxylic acids is 1. The number of nitrogens with zero attached hydrogens (tertiary/aromatic N) is 1. The molecular formula is C13H17NO5. The largest absolute Gasteiger partial charge is 0.480 e. The SMILES string of the molecule is CCCc1occc1C(=O)N1CCOC[C@@H]1C(=O)O. The van der Waals surface area contributed by atoms with Gasteiger partial charge in [0.15, 0.2) is 6.04 Å². The summed E-state index contributed by atoms with van der Waals surface area (Å²) in [5.74, 6) is -0.732. The fourth-order valence-corrected chi connectivity index (χ4v) is 2.16. The third-order valence-corrected chi connectivity index (χ3v) is 3.13. The van der Waals surface area contributed by atoms with Gasteiger partial charge in [-0.25, -0.2) is 4.79 Å². The maximum atomic E-state index is 12.4. The van der Waals surface area contributed by atoms with Crippen molar-refractivity contribution in [3.63, 3.8) is 0 Å². The monoisotopic (exact) mass is 267 g/mol. The second-order valence-electron chi connectivity index (χ2n) is 4.43. The van der Waals surface area contributed by atoms with Gasteiger partial charge >= 0.3 is 5.97 Å². The molecule has 1 aromatic heterocycles. The third kappa shape index (κ3) is 2.78. The van der Waals surface area contributed by atoms with Crippen LogP contribution in [-0.4, -0.2) is 47.7 Å². The van der Waals surface area contributed by atoms with Crippen LogP contribution in [0.15, 0.2) is 16.7 Å². The lowest BCUT2D eigenvalue weighted by Crippen LogP contribution is -2.52. The molecule has 0 saturated carbocycles. The summed E-state index contributed by atoms with van der Waals surface area (Å²) < 4.78 is 10.4. The van der Waals surface area contributed by atoms with Crippen LogP contribution in [0.1, 0.15) is 29.5 Å². The van der Waals surface area contributed by atoms with Crippen LogP contribution < -0.4 is 0 Å². The minimum absolute atomic E-state index is 0.0298. The number of hydrogen-bond donors (Lipinski definition) is 1. The van der Waals surface area contributed by atoms with Crippen molar-refractivity contribution < 1.29 is 23.8 Å². The number of hydrogen-bond acceptors (Lipinski definition) is 4. The van der Waals surface area contributed by atoms with Crippen LogP contribution in [0.4, 0.5) is 0 Å². The normalized spacial score (nSPS) is 19.4. The summed E-state index contributed by atoms with van der Waals surface area (Å²) >= 11 is 0. The lowest BCUT2D eigenvalue weighted by Gasteiger charge is -2.32. The molecule has 0 spiro atoms. The van der Waals surface area contributed by atoms with E-state index < -0.39 is 12.0 Å². The number of carbonyl (C=O) groups is 2. The quantitative estimate of drug-likeness (QED) is 0.885. The summed E-state index contributed by atoms with van der Waals surface area (Å²) in [5, 5.41) is 9.13. The highest BCUT2D eigenvalue weighted by Crippen LogP contribution is 2.18. The molecule has 1 amide bonds. The Labute approximate surface area is 110 Å². The number of rotatable bonds is 4. The Morgan fingerprint density at radius 3 is 3.00 bits per heavy atom. The number of aliphatic carboxylic acids is 1. The molecule has 2 rings (SSSR count). The van der Waals surface area contributed by atoms with Crippen LogP contribution in [0.2, 0.25) is 0 Å². The van der Waals surface area contributed by atoms with E-state index in [0.717, 1.165) is 6.42 Å². The molecule has 1 fully saturated rings. The van der Waals surface area contributed by atoms with Gasteiger partial charge in [-0.1, -0.05) is 6.92 Å².